The van der Waals surface area contributed by atoms with Gasteiger partial charge in [-0.2, -0.15) is 0 Å². The third-order valence-corrected chi connectivity index (χ3v) is 5.36. The summed E-state index contributed by atoms with van der Waals surface area (Å²) in [5.74, 6) is 0.888. The van der Waals surface area contributed by atoms with Gasteiger partial charge in [-0.1, -0.05) is 0 Å². The number of rotatable bonds is 8. The van der Waals surface area contributed by atoms with Crippen LogP contribution in [0.25, 0.3) is 0 Å². The van der Waals surface area contributed by atoms with Crippen molar-refractivity contribution in [2.45, 2.75) is 57.8 Å². The van der Waals surface area contributed by atoms with Crippen LogP contribution in [-0.2, 0) is 4.74 Å². The Morgan fingerprint density at radius 1 is 1.04 bits per heavy atom. The van der Waals surface area contributed by atoms with E-state index in [1.165, 1.54) is 32.2 Å². The highest BCUT2D eigenvalue weighted by Crippen LogP contribution is 2.22. The minimum absolute atomic E-state index is 0.243. The Kier molecular flexibility index (Phi) is 8.44. The number of piperidine rings is 1. The summed E-state index contributed by atoms with van der Waals surface area (Å²) < 4.78 is 5.77. The third kappa shape index (κ3) is 7.36. The lowest BCUT2D eigenvalue weighted by Crippen LogP contribution is -2.50. The molecule has 0 saturated carbocycles. The molecular weight excluding hydrogens is 302 g/mol. The van der Waals surface area contributed by atoms with Crippen LogP contribution < -0.4 is 0 Å². The molecule has 0 aromatic carbocycles. The molecule has 0 spiro atoms. The summed E-state index contributed by atoms with van der Waals surface area (Å²) >= 11 is 0. The van der Waals surface area contributed by atoms with E-state index in [-0.39, 0.29) is 18.3 Å². The first-order chi connectivity index (χ1) is 11.4. The smallest absolute Gasteiger partial charge is 0.0793 e. The van der Waals surface area contributed by atoms with E-state index >= 15 is 0 Å². The van der Waals surface area contributed by atoms with Gasteiger partial charge >= 0.3 is 0 Å². The van der Waals surface area contributed by atoms with Gasteiger partial charge in [-0.05, 0) is 79.2 Å². The highest BCUT2D eigenvalue weighted by atomic mass is 16.5. The van der Waals surface area contributed by atoms with Crippen LogP contribution in [0.4, 0.5) is 0 Å². The molecule has 0 amide bonds. The maximum atomic E-state index is 10.5. The molecule has 5 nitrogen and oxygen atoms in total. The quantitative estimate of drug-likeness (QED) is 0.725. The minimum Gasteiger partial charge on any atom is -0.390 e. The number of hydrogen-bond donors (Lipinski definition) is 1. The monoisotopic (exact) mass is 341 g/mol. The second-order valence-corrected chi connectivity index (χ2v) is 8.32. The van der Waals surface area contributed by atoms with Gasteiger partial charge in [0.2, 0.25) is 0 Å². The highest BCUT2D eigenvalue weighted by molar-refractivity contribution is 4.79. The second kappa shape index (κ2) is 10.1. The zero-order valence-electron chi connectivity index (χ0n) is 16.3. The maximum absolute atomic E-state index is 10.5. The van der Waals surface area contributed by atoms with Gasteiger partial charge in [0, 0.05) is 26.2 Å². The van der Waals surface area contributed by atoms with Gasteiger partial charge in [0.25, 0.3) is 0 Å². The fraction of sp³-hybridized carbons (Fsp3) is 1.00. The molecule has 142 valence electrons. The van der Waals surface area contributed by atoms with E-state index < -0.39 is 0 Å². The Morgan fingerprint density at radius 3 is 2.21 bits per heavy atom. The number of nitrogens with zero attached hydrogens (tertiary/aromatic N) is 3. The Labute approximate surface area is 148 Å². The fourth-order valence-corrected chi connectivity index (χ4v) is 4.24. The van der Waals surface area contributed by atoms with E-state index in [2.05, 4.69) is 42.6 Å². The normalized spacial score (nSPS) is 29.2. The van der Waals surface area contributed by atoms with Gasteiger partial charge < -0.3 is 19.6 Å². The molecule has 2 heterocycles. The first-order valence-corrected chi connectivity index (χ1v) is 9.85. The number of hydrogen-bond acceptors (Lipinski definition) is 5. The molecule has 3 unspecified atom stereocenters. The Morgan fingerprint density at radius 2 is 1.62 bits per heavy atom. The molecule has 1 N–H and O–H groups in total. The van der Waals surface area contributed by atoms with Crippen molar-refractivity contribution in [2.75, 3.05) is 59.9 Å². The van der Waals surface area contributed by atoms with E-state index in [1.807, 2.05) is 0 Å². The molecule has 2 rings (SSSR count). The molecule has 2 aliphatic rings. The molecule has 2 saturated heterocycles. The Balaban J connectivity index is 1.60. The molecule has 0 radical (unpaired) electrons. The predicted molar refractivity (Wildman–Crippen MR) is 99.4 cm³/mol. The lowest BCUT2D eigenvalue weighted by molar-refractivity contribution is -0.0783. The van der Waals surface area contributed by atoms with Crippen LogP contribution >= 0.6 is 0 Å². The molecule has 0 bridgehead atoms. The Hall–Kier alpha value is -0.200. The number of likely N-dealkylation sites (tertiary alicyclic amines) is 1. The summed E-state index contributed by atoms with van der Waals surface area (Å²) in [5.41, 5.74) is 0. The van der Waals surface area contributed by atoms with Crippen LogP contribution in [0.2, 0.25) is 0 Å². The highest BCUT2D eigenvalue weighted by Gasteiger charge is 2.25. The fourth-order valence-electron chi connectivity index (χ4n) is 4.24. The number of β-amino-alcohol motifs (C(OH)–C–C–N with tert-alkyl or cyclic N) is 1. The van der Waals surface area contributed by atoms with Crippen molar-refractivity contribution in [1.82, 2.24) is 14.7 Å². The summed E-state index contributed by atoms with van der Waals surface area (Å²) in [7, 11) is 4.31. The zero-order valence-corrected chi connectivity index (χ0v) is 16.3. The molecule has 5 heteroatoms. The molecule has 2 fully saturated rings. The van der Waals surface area contributed by atoms with Crippen LogP contribution in [0.5, 0.6) is 0 Å². The van der Waals surface area contributed by atoms with Crippen molar-refractivity contribution >= 4 is 0 Å². The van der Waals surface area contributed by atoms with E-state index in [4.69, 9.17) is 4.74 Å². The van der Waals surface area contributed by atoms with Gasteiger partial charge in [-0.3, -0.25) is 4.90 Å². The van der Waals surface area contributed by atoms with Gasteiger partial charge in [0.05, 0.1) is 18.3 Å². The molecule has 3 atom stereocenters. The van der Waals surface area contributed by atoms with Crippen molar-refractivity contribution in [3.05, 3.63) is 0 Å². The van der Waals surface area contributed by atoms with Crippen LogP contribution in [0.1, 0.15) is 39.5 Å². The van der Waals surface area contributed by atoms with Gasteiger partial charge in [0.1, 0.15) is 0 Å². The van der Waals surface area contributed by atoms with Crippen molar-refractivity contribution in [1.29, 1.82) is 0 Å². The van der Waals surface area contributed by atoms with E-state index in [1.54, 1.807) is 0 Å². The lowest BCUT2D eigenvalue weighted by atomic mass is 9.92. The van der Waals surface area contributed by atoms with Crippen molar-refractivity contribution in [3.63, 3.8) is 0 Å². The summed E-state index contributed by atoms with van der Waals surface area (Å²) in [6.07, 6.45) is 5.58. The average molecular weight is 342 g/mol. The van der Waals surface area contributed by atoms with Gasteiger partial charge in [-0.25, -0.2) is 0 Å². The van der Waals surface area contributed by atoms with Crippen LogP contribution in [0.3, 0.4) is 0 Å². The molecule has 24 heavy (non-hydrogen) atoms. The van der Waals surface area contributed by atoms with E-state index in [0.717, 1.165) is 45.2 Å². The average Bonchev–Trinajstić information content (AvgIpc) is 2.47. The first kappa shape index (κ1) is 20.1. The third-order valence-electron chi connectivity index (χ3n) is 5.36. The largest absolute Gasteiger partial charge is 0.390 e. The molecule has 0 aromatic heterocycles. The van der Waals surface area contributed by atoms with Crippen LogP contribution in [0, 0.1) is 5.92 Å². The minimum atomic E-state index is -0.243. The number of morpholine rings is 1. The van der Waals surface area contributed by atoms with E-state index in [0.29, 0.717) is 0 Å². The predicted octanol–water partition coefficient (Wildman–Crippen LogP) is 1.51. The number of aliphatic hydroxyl groups excluding tert-OH is 1. The van der Waals surface area contributed by atoms with Gasteiger partial charge in [0.15, 0.2) is 0 Å². The summed E-state index contributed by atoms with van der Waals surface area (Å²) in [5, 5.41) is 10.5. The van der Waals surface area contributed by atoms with Crippen LogP contribution in [-0.4, -0.2) is 98.0 Å². The standard InChI is InChI=1S/C19H39N3O2/c1-16-12-22(13-17(2)24-16)15-19(23)14-21-10-7-18(8-11-21)6-5-9-20(3)4/h16-19,23H,5-15H2,1-4H3. The summed E-state index contributed by atoms with van der Waals surface area (Å²) in [6.45, 7) is 11.2. The van der Waals surface area contributed by atoms with Crippen molar-refractivity contribution in [3.8, 4) is 0 Å². The number of aliphatic hydroxyl groups is 1. The van der Waals surface area contributed by atoms with Crippen LogP contribution in [0.15, 0.2) is 0 Å². The van der Waals surface area contributed by atoms with Gasteiger partial charge in [-0.15, -0.1) is 0 Å². The Bertz CT molecular complexity index is 336. The molecule has 0 aromatic rings. The molecule has 0 aliphatic carbocycles. The maximum Gasteiger partial charge on any atom is 0.0793 e. The van der Waals surface area contributed by atoms with Crippen molar-refractivity contribution < 1.29 is 9.84 Å². The zero-order chi connectivity index (χ0) is 17.5. The molecular formula is C19H39N3O2. The van der Waals surface area contributed by atoms with E-state index in [9.17, 15) is 5.11 Å². The summed E-state index contributed by atoms with van der Waals surface area (Å²) in [6, 6.07) is 0. The first-order valence-electron chi connectivity index (χ1n) is 9.85. The second-order valence-electron chi connectivity index (χ2n) is 8.32. The van der Waals surface area contributed by atoms with Crippen molar-refractivity contribution in [2.24, 2.45) is 5.92 Å². The lowest BCUT2D eigenvalue weighted by Gasteiger charge is -2.38. The SMILES string of the molecule is CC1CN(CC(O)CN2CCC(CCCN(C)C)CC2)CC(C)O1. The topological polar surface area (TPSA) is 39.2 Å². The summed E-state index contributed by atoms with van der Waals surface area (Å²) in [4.78, 5) is 7.09. The number of ether oxygens (including phenoxy) is 1. The molecule has 2 aliphatic heterocycles.